The van der Waals surface area contributed by atoms with E-state index >= 15 is 0 Å². The maximum atomic E-state index is 12.9. The summed E-state index contributed by atoms with van der Waals surface area (Å²) in [6, 6.07) is 21.0. The van der Waals surface area contributed by atoms with E-state index in [1.807, 2.05) is 60.7 Å². The van der Waals surface area contributed by atoms with E-state index in [0.29, 0.717) is 41.4 Å². The average Bonchev–Trinajstić information content (AvgIpc) is 3.28. The zero-order chi connectivity index (χ0) is 24.2. The molecule has 1 N–H and O–H groups in total. The van der Waals surface area contributed by atoms with Gasteiger partial charge in [-0.05, 0) is 40.6 Å². The summed E-state index contributed by atoms with van der Waals surface area (Å²) in [5, 5.41) is 10.3. The smallest absolute Gasteiger partial charge is 0.264 e. The van der Waals surface area contributed by atoms with Crippen LogP contribution in [-0.4, -0.2) is 38.4 Å². The SMILES string of the molecule is O=C(COc1ccc2ccccc2c1)NCCn1ncc2c(=O)n(Cc3cccc(Cl)c3)cnc21. The molecule has 0 bridgehead atoms. The molecular weight excluding hydrogens is 466 g/mol. The molecule has 9 heteroatoms. The second-order valence-corrected chi connectivity index (χ2v) is 8.50. The number of rotatable bonds is 8. The summed E-state index contributed by atoms with van der Waals surface area (Å²) in [6.45, 7) is 0.964. The minimum absolute atomic E-state index is 0.0926. The molecule has 3 aromatic carbocycles. The molecule has 0 aliphatic rings. The molecule has 1 amide bonds. The Morgan fingerprint density at radius 3 is 2.74 bits per heavy atom. The van der Waals surface area contributed by atoms with Crippen LogP contribution in [0, 0.1) is 0 Å². The zero-order valence-electron chi connectivity index (χ0n) is 18.7. The fourth-order valence-corrected chi connectivity index (χ4v) is 4.08. The third-order valence-corrected chi connectivity index (χ3v) is 5.84. The van der Waals surface area contributed by atoms with Crippen LogP contribution in [-0.2, 0) is 17.9 Å². The van der Waals surface area contributed by atoms with E-state index in [-0.39, 0.29) is 18.1 Å². The van der Waals surface area contributed by atoms with Crippen molar-refractivity contribution in [2.24, 2.45) is 0 Å². The predicted octanol–water partition coefficient (Wildman–Crippen LogP) is 3.64. The monoisotopic (exact) mass is 487 g/mol. The van der Waals surface area contributed by atoms with E-state index in [4.69, 9.17) is 16.3 Å². The highest BCUT2D eigenvalue weighted by Gasteiger charge is 2.11. The van der Waals surface area contributed by atoms with E-state index in [9.17, 15) is 9.59 Å². The number of amides is 1. The molecule has 0 aliphatic heterocycles. The van der Waals surface area contributed by atoms with Gasteiger partial charge in [0.15, 0.2) is 12.3 Å². The first-order chi connectivity index (χ1) is 17.1. The second-order valence-electron chi connectivity index (χ2n) is 8.06. The van der Waals surface area contributed by atoms with Crippen molar-refractivity contribution in [3.63, 3.8) is 0 Å². The Hall–Kier alpha value is -4.17. The number of benzene rings is 3. The molecule has 0 aliphatic carbocycles. The lowest BCUT2D eigenvalue weighted by atomic mass is 10.1. The molecule has 5 aromatic rings. The molecule has 0 spiro atoms. The Morgan fingerprint density at radius 2 is 1.89 bits per heavy atom. The topological polar surface area (TPSA) is 91.0 Å². The molecule has 35 heavy (non-hydrogen) atoms. The van der Waals surface area contributed by atoms with Gasteiger partial charge >= 0.3 is 0 Å². The highest BCUT2D eigenvalue weighted by molar-refractivity contribution is 6.30. The molecule has 0 unspecified atom stereocenters. The Labute approximate surface area is 205 Å². The van der Waals surface area contributed by atoms with Crippen LogP contribution < -0.4 is 15.6 Å². The summed E-state index contributed by atoms with van der Waals surface area (Å²) >= 11 is 6.04. The van der Waals surface area contributed by atoms with Gasteiger partial charge in [0, 0.05) is 11.6 Å². The van der Waals surface area contributed by atoms with E-state index in [1.165, 1.54) is 17.1 Å². The number of fused-ring (bicyclic) bond motifs is 2. The minimum atomic E-state index is -0.244. The van der Waals surface area contributed by atoms with Crippen molar-refractivity contribution >= 4 is 39.3 Å². The van der Waals surface area contributed by atoms with Gasteiger partial charge in [-0.2, -0.15) is 5.10 Å². The third kappa shape index (κ3) is 5.17. The maximum absolute atomic E-state index is 12.9. The Bertz CT molecular complexity index is 1580. The van der Waals surface area contributed by atoms with Gasteiger partial charge in [-0.25, -0.2) is 9.67 Å². The molecule has 2 heterocycles. The zero-order valence-corrected chi connectivity index (χ0v) is 19.5. The molecule has 176 valence electrons. The predicted molar refractivity (Wildman–Crippen MR) is 135 cm³/mol. The normalized spacial score (nSPS) is 11.1. The fraction of sp³-hybridized carbons (Fsp3) is 0.154. The number of carbonyl (C=O) groups excluding carboxylic acids is 1. The van der Waals surface area contributed by atoms with Crippen LogP contribution in [0.3, 0.4) is 0 Å². The summed E-state index contributed by atoms with van der Waals surface area (Å²) in [5.74, 6) is 0.390. The Balaban J connectivity index is 1.17. The van der Waals surface area contributed by atoms with Crippen LogP contribution in [0.2, 0.25) is 5.02 Å². The van der Waals surface area contributed by atoms with Crippen molar-refractivity contribution in [2.75, 3.05) is 13.2 Å². The number of carbonyl (C=O) groups is 1. The quantitative estimate of drug-likeness (QED) is 0.361. The van der Waals surface area contributed by atoms with Crippen molar-refractivity contribution in [2.45, 2.75) is 13.1 Å². The minimum Gasteiger partial charge on any atom is -0.484 e. The van der Waals surface area contributed by atoms with Crippen molar-refractivity contribution in [1.82, 2.24) is 24.6 Å². The fourth-order valence-electron chi connectivity index (χ4n) is 3.86. The van der Waals surface area contributed by atoms with Crippen molar-refractivity contribution < 1.29 is 9.53 Å². The molecule has 0 radical (unpaired) electrons. The summed E-state index contributed by atoms with van der Waals surface area (Å²) in [6.07, 6.45) is 3.00. The van der Waals surface area contributed by atoms with E-state index < -0.39 is 0 Å². The van der Waals surface area contributed by atoms with E-state index in [0.717, 1.165) is 16.3 Å². The molecule has 0 saturated carbocycles. The van der Waals surface area contributed by atoms with Crippen molar-refractivity contribution in [1.29, 1.82) is 0 Å². The lowest BCUT2D eigenvalue weighted by Gasteiger charge is -2.09. The number of ether oxygens (including phenoxy) is 1. The van der Waals surface area contributed by atoms with Gasteiger partial charge in [0.05, 0.1) is 19.3 Å². The molecule has 5 rings (SSSR count). The van der Waals surface area contributed by atoms with Crippen LogP contribution in [0.4, 0.5) is 0 Å². The number of aromatic nitrogens is 4. The largest absolute Gasteiger partial charge is 0.484 e. The highest BCUT2D eigenvalue weighted by Crippen LogP contribution is 2.20. The van der Waals surface area contributed by atoms with Crippen molar-refractivity contribution in [3.8, 4) is 5.75 Å². The van der Waals surface area contributed by atoms with Crippen LogP contribution in [0.1, 0.15) is 5.56 Å². The van der Waals surface area contributed by atoms with Crippen LogP contribution >= 0.6 is 11.6 Å². The Morgan fingerprint density at radius 1 is 1.03 bits per heavy atom. The number of halogens is 1. The van der Waals surface area contributed by atoms with Crippen LogP contribution in [0.5, 0.6) is 5.75 Å². The first-order valence-electron chi connectivity index (χ1n) is 11.1. The van der Waals surface area contributed by atoms with Crippen molar-refractivity contribution in [3.05, 3.63) is 100 Å². The van der Waals surface area contributed by atoms with Gasteiger partial charge in [0.2, 0.25) is 0 Å². The highest BCUT2D eigenvalue weighted by atomic mass is 35.5. The van der Waals surface area contributed by atoms with Gasteiger partial charge in [-0.1, -0.05) is 54.1 Å². The van der Waals surface area contributed by atoms with Gasteiger partial charge in [-0.3, -0.25) is 14.2 Å². The summed E-state index contributed by atoms with van der Waals surface area (Å²) in [5.41, 5.74) is 1.19. The summed E-state index contributed by atoms with van der Waals surface area (Å²) < 4.78 is 8.74. The van der Waals surface area contributed by atoms with E-state index in [1.54, 1.807) is 10.7 Å². The average molecular weight is 488 g/mol. The van der Waals surface area contributed by atoms with Crippen LogP contribution in [0.25, 0.3) is 21.8 Å². The second kappa shape index (κ2) is 9.99. The molecule has 2 aromatic heterocycles. The molecule has 8 nitrogen and oxygen atoms in total. The first-order valence-corrected chi connectivity index (χ1v) is 11.5. The number of hydrogen-bond donors (Lipinski definition) is 1. The molecule has 0 fully saturated rings. The Kier molecular flexibility index (Phi) is 6.45. The molecule has 0 atom stereocenters. The summed E-state index contributed by atoms with van der Waals surface area (Å²) in [4.78, 5) is 29.5. The lowest BCUT2D eigenvalue weighted by Crippen LogP contribution is -2.31. The first kappa shape index (κ1) is 22.6. The third-order valence-electron chi connectivity index (χ3n) is 5.60. The lowest BCUT2D eigenvalue weighted by molar-refractivity contribution is -0.123. The maximum Gasteiger partial charge on any atom is 0.264 e. The standard InChI is InChI=1S/C26H22ClN5O3/c27-21-7-3-4-18(12-21)15-31-17-29-25-23(26(31)34)14-30-32(25)11-10-28-24(33)16-35-22-9-8-19-5-1-2-6-20(19)13-22/h1-9,12-14,17H,10-11,15-16H2,(H,28,33). The van der Waals surface area contributed by atoms with Crippen LogP contribution in [0.15, 0.2) is 84.0 Å². The van der Waals surface area contributed by atoms with Gasteiger partial charge in [0.1, 0.15) is 17.5 Å². The van der Waals surface area contributed by atoms with Gasteiger partial charge in [-0.15, -0.1) is 0 Å². The number of hydrogen-bond acceptors (Lipinski definition) is 5. The number of nitrogens with one attached hydrogen (secondary N) is 1. The van der Waals surface area contributed by atoms with Gasteiger partial charge < -0.3 is 10.1 Å². The van der Waals surface area contributed by atoms with Gasteiger partial charge in [0.25, 0.3) is 11.5 Å². The van der Waals surface area contributed by atoms with E-state index in [2.05, 4.69) is 15.4 Å². The molecular formula is C26H22ClN5O3. The molecule has 0 saturated heterocycles. The summed E-state index contributed by atoms with van der Waals surface area (Å²) in [7, 11) is 0. The number of nitrogens with zero attached hydrogens (tertiary/aromatic N) is 4.